The molecule has 2 rings (SSSR count). The number of hydrogen-bond acceptors (Lipinski definition) is 6. The quantitative estimate of drug-likeness (QED) is 0.588. The Morgan fingerprint density at radius 2 is 2.05 bits per heavy atom. The summed E-state index contributed by atoms with van der Waals surface area (Å²) in [6.45, 7) is 5.74. The summed E-state index contributed by atoms with van der Waals surface area (Å²) in [5, 5.41) is 12.3. The smallest absolute Gasteiger partial charge is 0.206 e. The van der Waals surface area contributed by atoms with E-state index in [1.807, 2.05) is 0 Å². The van der Waals surface area contributed by atoms with Crippen molar-refractivity contribution in [2.75, 3.05) is 24.2 Å². The number of halogens is 1. The van der Waals surface area contributed by atoms with Gasteiger partial charge in [-0.05, 0) is 30.2 Å². The number of nitrogens with one attached hydrogen (secondary N) is 1. The number of nitrogens with zero attached hydrogens (tertiary/aromatic N) is 2. The Hall–Kier alpha value is -1.34. The van der Waals surface area contributed by atoms with Gasteiger partial charge in [-0.2, -0.15) is 0 Å². The molecule has 0 bridgehead atoms. The Labute approximate surface area is 132 Å². The minimum atomic E-state index is -0.257. The molecule has 1 N–H and O–H groups in total. The lowest BCUT2D eigenvalue weighted by molar-refractivity contribution is 0.343. The molecule has 0 saturated carbocycles. The molecule has 0 spiro atoms. The molecule has 0 saturated heterocycles. The van der Waals surface area contributed by atoms with Crippen molar-refractivity contribution in [3.05, 3.63) is 30.1 Å². The Morgan fingerprint density at radius 1 is 1.29 bits per heavy atom. The van der Waals surface area contributed by atoms with Crippen LogP contribution in [0.15, 0.2) is 28.6 Å². The summed E-state index contributed by atoms with van der Waals surface area (Å²) in [7, 11) is 0. The van der Waals surface area contributed by atoms with E-state index in [4.69, 9.17) is 4.74 Å². The van der Waals surface area contributed by atoms with Crippen LogP contribution in [-0.2, 0) is 0 Å². The first-order valence-electron chi connectivity index (χ1n) is 6.72. The maximum Gasteiger partial charge on any atom is 0.206 e. The van der Waals surface area contributed by atoms with Crippen molar-refractivity contribution in [2.24, 2.45) is 5.92 Å². The molecule has 0 aliphatic carbocycles. The largest absolute Gasteiger partial charge is 0.493 e. The van der Waals surface area contributed by atoms with E-state index in [1.165, 1.54) is 12.1 Å². The third-order valence-corrected chi connectivity index (χ3v) is 4.44. The summed E-state index contributed by atoms with van der Waals surface area (Å²) in [6.07, 6.45) is 0. The molecule has 1 aromatic heterocycles. The molecule has 1 heterocycles. The monoisotopic (exact) mass is 327 g/mol. The topological polar surface area (TPSA) is 47.0 Å². The summed E-state index contributed by atoms with van der Waals surface area (Å²) in [4.78, 5) is 0. The molecule has 0 unspecified atom stereocenters. The van der Waals surface area contributed by atoms with Crippen molar-refractivity contribution >= 4 is 28.2 Å². The van der Waals surface area contributed by atoms with Gasteiger partial charge in [-0.25, -0.2) is 4.39 Å². The average molecular weight is 327 g/mol. The van der Waals surface area contributed by atoms with Gasteiger partial charge >= 0.3 is 0 Å². The van der Waals surface area contributed by atoms with E-state index >= 15 is 0 Å². The number of rotatable bonds is 8. The minimum Gasteiger partial charge on any atom is -0.493 e. The highest BCUT2D eigenvalue weighted by Gasteiger charge is 2.05. The molecule has 0 amide bonds. The number of thioether (sulfide) groups is 1. The number of hydrogen-bond donors (Lipinski definition) is 1. The molecular formula is C14H18FN3OS2. The van der Waals surface area contributed by atoms with Gasteiger partial charge in [0.25, 0.3) is 0 Å². The highest BCUT2D eigenvalue weighted by Crippen LogP contribution is 2.25. The lowest BCUT2D eigenvalue weighted by Crippen LogP contribution is -2.07. The molecule has 0 atom stereocenters. The molecule has 114 valence electrons. The van der Waals surface area contributed by atoms with Gasteiger partial charge in [0, 0.05) is 12.3 Å². The van der Waals surface area contributed by atoms with Crippen molar-refractivity contribution in [3.63, 3.8) is 0 Å². The van der Waals surface area contributed by atoms with Gasteiger partial charge in [-0.15, -0.1) is 10.2 Å². The Bertz CT molecular complexity index is 545. The zero-order valence-electron chi connectivity index (χ0n) is 12.0. The van der Waals surface area contributed by atoms with Crippen LogP contribution in [0, 0.1) is 11.7 Å². The second kappa shape index (κ2) is 8.19. The third-order valence-electron chi connectivity index (χ3n) is 2.46. The van der Waals surface area contributed by atoms with Crippen molar-refractivity contribution in [3.8, 4) is 5.75 Å². The zero-order valence-corrected chi connectivity index (χ0v) is 13.6. The van der Waals surface area contributed by atoms with Crippen LogP contribution in [0.5, 0.6) is 5.75 Å². The van der Waals surface area contributed by atoms with E-state index in [0.29, 0.717) is 18.3 Å². The van der Waals surface area contributed by atoms with Crippen LogP contribution in [0.4, 0.5) is 9.52 Å². The lowest BCUT2D eigenvalue weighted by atomic mass is 10.2. The molecule has 0 aliphatic heterocycles. The van der Waals surface area contributed by atoms with Gasteiger partial charge in [-0.1, -0.05) is 36.9 Å². The van der Waals surface area contributed by atoms with E-state index in [0.717, 1.165) is 21.8 Å². The maximum atomic E-state index is 12.7. The normalized spacial score (nSPS) is 10.9. The fourth-order valence-corrected chi connectivity index (χ4v) is 3.10. The lowest BCUT2D eigenvalue weighted by Gasteiger charge is -2.04. The predicted molar refractivity (Wildman–Crippen MR) is 85.9 cm³/mol. The molecule has 0 aliphatic rings. The van der Waals surface area contributed by atoms with Gasteiger partial charge < -0.3 is 10.1 Å². The van der Waals surface area contributed by atoms with Crippen LogP contribution < -0.4 is 10.1 Å². The minimum absolute atomic E-state index is 0.257. The van der Waals surface area contributed by atoms with Crippen LogP contribution >= 0.6 is 23.1 Å². The van der Waals surface area contributed by atoms with Crippen molar-refractivity contribution in [1.29, 1.82) is 0 Å². The van der Waals surface area contributed by atoms with Crippen LogP contribution in [0.2, 0.25) is 0 Å². The molecule has 2 aromatic rings. The average Bonchev–Trinajstić information content (AvgIpc) is 2.91. The van der Waals surface area contributed by atoms with Gasteiger partial charge in [0.1, 0.15) is 11.6 Å². The first-order chi connectivity index (χ1) is 10.1. The van der Waals surface area contributed by atoms with E-state index < -0.39 is 0 Å². The summed E-state index contributed by atoms with van der Waals surface area (Å²) >= 11 is 3.15. The molecule has 1 aromatic carbocycles. The number of benzene rings is 1. The first-order valence-corrected chi connectivity index (χ1v) is 8.52. The van der Waals surface area contributed by atoms with Crippen molar-refractivity contribution in [1.82, 2.24) is 10.2 Å². The van der Waals surface area contributed by atoms with E-state index in [-0.39, 0.29) is 5.82 Å². The van der Waals surface area contributed by atoms with Gasteiger partial charge in [-0.3, -0.25) is 0 Å². The second-order valence-electron chi connectivity index (χ2n) is 4.80. The molecular weight excluding hydrogens is 309 g/mol. The van der Waals surface area contributed by atoms with E-state index in [1.54, 1.807) is 35.2 Å². The highest BCUT2D eigenvalue weighted by atomic mass is 32.2. The number of anilines is 1. The zero-order chi connectivity index (χ0) is 15.1. The van der Waals surface area contributed by atoms with Crippen LogP contribution in [0.25, 0.3) is 0 Å². The number of aromatic nitrogens is 2. The van der Waals surface area contributed by atoms with Crippen LogP contribution in [0.1, 0.15) is 13.8 Å². The molecule has 0 radical (unpaired) electrons. The summed E-state index contributed by atoms with van der Waals surface area (Å²) in [6, 6.07) is 6.03. The van der Waals surface area contributed by atoms with E-state index in [2.05, 4.69) is 29.4 Å². The number of ether oxygens (including phenoxy) is 1. The molecule has 0 fully saturated rings. The van der Waals surface area contributed by atoms with Crippen molar-refractivity contribution < 1.29 is 9.13 Å². The SMILES string of the molecule is CC(C)CNc1nnc(SCCOc2ccc(F)cc2)s1. The van der Waals surface area contributed by atoms with Gasteiger partial charge in [0.2, 0.25) is 5.13 Å². The van der Waals surface area contributed by atoms with Crippen LogP contribution in [-0.4, -0.2) is 29.1 Å². The molecule has 4 nitrogen and oxygen atoms in total. The summed E-state index contributed by atoms with van der Waals surface area (Å²) < 4.78 is 19.2. The van der Waals surface area contributed by atoms with Crippen LogP contribution in [0.3, 0.4) is 0 Å². The Kier molecular flexibility index (Phi) is 6.25. The standard InChI is InChI=1S/C14H18FN3OS2/c1-10(2)9-16-13-17-18-14(21-13)20-8-7-19-12-5-3-11(15)4-6-12/h3-6,10H,7-9H2,1-2H3,(H,16,17). The van der Waals surface area contributed by atoms with Crippen molar-refractivity contribution in [2.45, 2.75) is 18.2 Å². The summed E-state index contributed by atoms with van der Waals surface area (Å²) in [5.41, 5.74) is 0. The highest BCUT2D eigenvalue weighted by molar-refractivity contribution is 8.01. The fourth-order valence-electron chi connectivity index (χ4n) is 1.45. The third kappa shape index (κ3) is 5.89. The van der Waals surface area contributed by atoms with Gasteiger partial charge in [0.15, 0.2) is 4.34 Å². The molecule has 21 heavy (non-hydrogen) atoms. The van der Waals surface area contributed by atoms with Gasteiger partial charge in [0.05, 0.1) is 6.61 Å². The first kappa shape index (κ1) is 16.0. The predicted octanol–water partition coefficient (Wildman–Crippen LogP) is 3.92. The summed E-state index contributed by atoms with van der Waals surface area (Å²) in [5.74, 6) is 1.77. The fraction of sp³-hybridized carbons (Fsp3) is 0.429. The second-order valence-corrected chi connectivity index (χ2v) is 7.12. The molecule has 7 heteroatoms. The Balaban J connectivity index is 1.67. The Morgan fingerprint density at radius 3 is 2.76 bits per heavy atom. The van der Waals surface area contributed by atoms with E-state index in [9.17, 15) is 4.39 Å². The maximum absolute atomic E-state index is 12.7.